The molecule has 0 radical (unpaired) electrons. The maximum atomic E-state index is 13.5. The molecule has 2 aliphatic heterocycles. The zero-order valence-corrected chi connectivity index (χ0v) is 17.3. The fraction of sp³-hybridized carbons (Fsp3) is 0.304. The van der Waals surface area contributed by atoms with Crippen LogP contribution in [0.25, 0.3) is 5.69 Å². The highest BCUT2D eigenvalue weighted by atomic mass is 32.1. The predicted molar refractivity (Wildman–Crippen MR) is 117 cm³/mol. The molecule has 4 heterocycles. The molecule has 0 unspecified atom stereocenters. The van der Waals surface area contributed by atoms with Gasteiger partial charge in [0, 0.05) is 36.9 Å². The summed E-state index contributed by atoms with van der Waals surface area (Å²) in [5.74, 6) is -0.248. The molecule has 3 aromatic rings. The van der Waals surface area contributed by atoms with E-state index in [0.29, 0.717) is 5.11 Å². The van der Waals surface area contributed by atoms with Crippen LogP contribution < -0.4 is 5.32 Å². The standard InChI is InChI=1S/C23H23FN4OS/c24-16-8-10-17(11-9-16)27-13-3-7-20(27)22-21(19-6-1-2-12-25-19)26-23(30)28(22)15-18-5-4-14-29-18/h1-3,6-13,18,21-22H,4-5,14-15H2,(H,26,30)/t18-,21+,22-/m0/s1. The molecular formula is C23H23FN4OS. The van der Waals surface area contributed by atoms with E-state index in [1.165, 1.54) is 12.1 Å². The van der Waals surface area contributed by atoms with Crippen molar-refractivity contribution in [1.29, 1.82) is 0 Å². The lowest BCUT2D eigenvalue weighted by Gasteiger charge is -2.30. The maximum Gasteiger partial charge on any atom is 0.170 e. The van der Waals surface area contributed by atoms with E-state index in [4.69, 9.17) is 17.0 Å². The molecule has 0 saturated carbocycles. The number of nitrogens with one attached hydrogen (secondary N) is 1. The molecule has 154 valence electrons. The van der Waals surface area contributed by atoms with Crippen LogP contribution in [0.15, 0.2) is 67.0 Å². The third-order valence-electron chi connectivity index (χ3n) is 5.81. The smallest absolute Gasteiger partial charge is 0.170 e. The number of rotatable bonds is 5. The molecule has 7 heteroatoms. The molecule has 2 saturated heterocycles. The summed E-state index contributed by atoms with van der Waals surface area (Å²) in [5, 5.41) is 4.19. The Hall–Kier alpha value is -2.77. The highest BCUT2D eigenvalue weighted by Crippen LogP contribution is 2.40. The van der Waals surface area contributed by atoms with Crippen molar-refractivity contribution in [2.75, 3.05) is 13.2 Å². The molecule has 30 heavy (non-hydrogen) atoms. The fourth-order valence-electron chi connectivity index (χ4n) is 4.40. The molecule has 0 bridgehead atoms. The first-order valence-corrected chi connectivity index (χ1v) is 10.6. The summed E-state index contributed by atoms with van der Waals surface area (Å²) >= 11 is 5.75. The molecule has 2 aliphatic rings. The van der Waals surface area contributed by atoms with Crippen molar-refractivity contribution in [3.63, 3.8) is 0 Å². The van der Waals surface area contributed by atoms with Crippen molar-refractivity contribution in [3.8, 4) is 5.69 Å². The Morgan fingerprint density at radius 1 is 1.13 bits per heavy atom. The first-order chi connectivity index (χ1) is 14.7. The van der Waals surface area contributed by atoms with E-state index in [1.54, 1.807) is 18.3 Å². The zero-order chi connectivity index (χ0) is 20.5. The van der Waals surface area contributed by atoms with Gasteiger partial charge in [0.15, 0.2) is 5.11 Å². The number of pyridine rings is 1. The molecule has 0 aliphatic carbocycles. The van der Waals surface area contributed by atoms with Gasteiger partial charge in [0.1, 0.15) is 5.82 Å². The van der Waals surface area contributed by atoms with E-state index in [9.17, 15) is 4.39 Å². The third-order valence-corrected chi connectivity index (χ3v) is 6.16. The minimum atomic E-state index is -0.248. The second kappa shape index (κ2) is 8.16. The molecule has 1 N–H and O–H groups in total. The summed E-state index contributed by atoms with van der Waals surface area (Å²) in [5.41, 5.74) is 2.92. The summed E-state index contributed by atoms with van der Waals surface area (Å²) in [6.45, 7) is 1.54. The van der Waals surface area contributed by atoms with Crippen LogP contribution in [0.5, 0.6) is 0 Å². The Morgan fingerprint density at radius 2 is 2.00 bits per heavy atom. The minimum absolute atomic E-state index is 0.0587. The second-order valence-corrected chi connectivity index (χ2v) is 8.08. The van der Waals surface area contributed by atoms with Crippen molar-refractivity contribution in [2.24, 2.45) is 0 Å². The molecule has 1 aromatic carbocycles. The molecule has 5 nitrogen and oxygen atoms in total. The predicted octanol–water partition coefficient (Wildman–Crippen LogP) is 4.16. The lowest BCUT2D eigenvalue weighted by molar-refractivity contribution is 0.0836. The second-order valence-electron chi connectivity index (χ2n) is 7.69. The molecule has 0 spiro atoms. The number of halogens is 1. The number of thiocarbonyl (C=S) groups is 1. The Labute approximate surface area is 180 Å². The number of hydrogen-bond donors (Lipinski definition) is 1. The first kappa shape index (κ1) is 19.2. The summed E-state index contributed by atoms with van der Waals surface area (Å²) in [6, 6.07) is 16.4. The Kier molecular flexibility index (Phi) is 5.23. The van der Waals surface area contributed by atoms with Gasteiger partial charge in [-0.3, -0.25) is 4.98 Å². The van der Waals surface area contributed by atoms with Crippen LogP contribution in [-0.2, 0) is 4.74 Å². The van der Waals surface area contributed by atoms with Crippen molar-refractivity contribution in [1.82, 2.24) is 19.8 Å². The van der Waals surface area contributed by atoms with E-state index in [1.807, 2.05) is 30.5 Å². The zero-order valence-electron chi connectivity index (χ0n) is 16.4. The largest absolute Gasteiger partial charge is 0.376 e. The number of ether oxygens (including phenoxy) is 1. The van der Waals surface area contributed by atoms with Crippen LogP contribution in [0.2, 0.25) is 0 Å². The van der Waals surface area contributed by atoms with Crippen molar-refractivity contribution in [2.45, 2.75) is 31.0 Å². The summed E-state index contributed by atoms with van der Waals surface area (Å²) in [7, 11) is 0. The minimum Gasteiger partial charge on any atom is -0.376 e. The molecule has 2 fully saturated rings. The highest BCUT2D eigenvalue weighted by Gasteiger charge is 2.42. The Morgan fingerprint density at radius 3 is 2.73 bits per heavy atom. The van der Waals surface area contributed by atoms with Gasteiger partial charge in [-0.15, -0.1) is 0 Å². The number of hydrogen-bond acceptors (Lipinski definition) is 3. The summed E-state index contributed by atoms with van der Waals surface area (Å²) in [4.78, 5) is 6.82. The van der Waals surface area contributed by atoms with Gasteiger partial charge >= 0.3 is 0 Å². The summed E-state index contributed by atoms with van der Waals surface area (Å²) < 4.78 is 21.5. The van der Waals surface area contributed by atoms with Gasteiger partial charge in [-0.1, -0.05) is 6.07 Å². The number of nitrogens with zero attached hydrogens (tertiary/aromatic N) is 3. The van der Waals surface area contributed by atoms with Gasteiger partial charge in [0.25, 0.3) is 0 Å². The van der Waals surface area contributed by atoms with E-state index in [0.717, 1.165) is 43.1 Å². The molecule has 3 atom stereocenters. The monoisotopic (exact) mass is 422 g/mol. The quantitative estimate of drug-likeness (QED) is 0.626. The van der Waals surface area contributed by atoms with E-state index < -0.39 is 0 Å². The van der Waals surface area contributed by atoms with Crippen LogP contribution in [0.4, 0.5) is 4.39 Å². The molecular weight excluding hydrogens is 399 g/mol. The number of aromatic nitrogens is 2. The first-order valence-electron chi connectivity index (χ1n) is 10.2. The average Bonchev–Trinajstić information content (AvgIpc) is 3.51. The van der Waals surface area contributed by atoms with Crippen LogP contribution in [0.1, 0.15) is 36.3 Å². The van der Waals surface area contributed by atoms with Gasteiger partial charge in [0.05, 0.1) is 23.9 Å². The third kappa shape index (κ3) is 3.59. The van der Waals surface area contributed by atoms with Crippen molar-refractivity contribution < 1.29 is 9.13 Å². The van der Waals surface area contributed by atoms with Gasteiger partial charge in [0.2, 0.25) is 0 Å². The van der Waals surface area contributed by atoms with Gasteiger partial charge < -0.3 is 19.5 Å². The van der Waals surface area contributed by atoms with E-state index in [-0.39, 0.29) is 24.0 Å². The topological polar surface area (TPSA) is 42.3 Å². The van der Waals surface area contributed by atoms with Crippen molar-refractivity contribution >= 4 is 17.3 Å². The van der Waals surface area contributed by atoms with Crippen LogP contribution >= 0.6 is 12.2 Å². The molecule has 2 aromatic heterocycles. The normalized spacial score (nSPS) is 23.7. The van der Waals surface area contributed by atoms with Crippen molar-refractivity contribution in [3.05, 3.63) is 84.2 Å². The van der Waals surface area contributed by atoms with Gasteiger partial charge in [-0.2, -0.15) is 0 Å². The average molecular weight is 423 g/mol. The highest BCUT2D eigenvalue weighted by molar-refractivity contribution is 7.80. The molecule has 0 amide bonds. The summed E-state index contributed by atoms with van der Waals surface area (Å²) in [6.07, 6.45) is 6.10. The van der Waals surface area contributed by atoms with Gasteiger partial charge in [-0.25, -0.2) is 4.39 Å². The van der Waals surface area contributed by atoms with Crippen LogP contribution in [0, 0.1) is 5.82 Å². The maximum absolute atomic E-state index is 13.5. The lowest BCUT2D eigenvalue weighted by Crippen LogP contribution is -2.36. The Bertz CT molecular complexity index is 1020. The number of benzene rings is 1. The van der Waals surface area contributed by atoms with Gasteiger partial charge in [-0.05, 0) is 73.6 Å². The SMILES string of the molecule is Fc1ccc(-n2cccc2[C@H]2[C@@H](c3ccccn3)NC(=S)N2C[C@@H]2CCCO2)cc1. The molecule has 5 rings (SSSR count). The fourth-order valence-corrected chi connectivity index (χ4v) is 4.72. The lowest BCUT2D eigenvalue weighted by atomic mass is 10.0. The van der Waals surface area contributed by atoms with Crippen LogP contribution in [0.3, 0.4) is 0 Å². The van der Waals surface area contributed by atoms with Crippen LogP contribution in [-0.4, -0.2) is 38.8 Å². The Balaban J connectivity index is 1.56. The van der Waals surface area contributed by atoms with E-state index >= 15 is 0 Å². The van der Waals surface area contributed by atoms with E-state index in [2.05, 4.69) is 25.8 Å².